The Morgan fingerprint density at radius 3 is 2.10 bits per heavy atom. The van der Waals surface area contributed by atoms with Crippen LogP contribution in [0.4, 0.5) is 11.4 Å². The minimum atomic E-state index is -4.41. The van der Waals surface area contributed by atoms with E-state index in [1.807, 2.05) is 60.1 Å². The Bertz CT molecular complexity index is 1480. The van der Waals surface area contributed by atoms with Crippen molar-refractivity contribution < 1.29 is 26.5 Å². The molecule has 0 amide bonds. The summed E-state index contributed by atoms with van der Waals surface area (Å²) in [4.78, 5) is 0. The average molecular weight is 548 g/mol. The molecular formula is C28H29N5O5S. The fraction of sp³-hybridized carbons (Fsp3) is 0.179. The quantitative estimate of drug-likeness (QED) is 0.0986. The van der Waals surface area contributed by atoms with Crippen molar-refractivity contribution in [2.75, 3.05) is 14.2 Å². The van der Waals surface area contributed by atoms with Gasteiger partial charge >= 0.3 is 0 Å². The van der Waals surface area contributed by atoms with Crippen LogP contribution in [0.25, 0.3) is 0 Å². The van der Waals surface area contributed by atoms with Crippen molar-refractivity contribution in [3.63, 3.8) is 0 Å². The average Bonchev–Trinajstić information content (AvgIpc) is 2.95. The zero-order valence-electron chi connectivity index (χ0n) is 21.8. The van der Waals surface area contributed by atoms with Gasteiger partial charge in [0.2, 0.25) is 10.4 Å². The number of hydrogen-bond acceptors (Lipinski definition) is 9. The highest BCUT2D eigenvalue weighted by Crippen LogP contribution is 2.21. The number of allylic oxidation sites excluding steroid dienone is 4. The number of azo groups is 1. The van der Waals surface area contributed by atoms with Crippen molar-refractivity contribution >= 4 is 33.7 Å². The van der Waals surface area contributed by atoms with Crippen LogP contribution in [0.2, 0.25) is 0 Å². The van der Waals surface area contributed by atoms with Crippen molar-refractivity contribution in [3.8, 4) is 5.75 Å². The van der Waals surface area contributed by atoms with Crippen molar-refractivity contribution in [1.29, 1.82) is 0 Å². The van der Waals surface area contributed by atoms with E-state index in [0.717, 1.165) is 48.4 Å². The molecule has 0 saturated carbocycles. The summed E-state index contributed by atoms with van der Waals surface area (Å²) in [5.41, 5.74) is 5.94. The number of benzene rings is 2. The predicted octanol–water partition coefficient (Wildman–Crippen LogP) is 4.93. The standard InChI is InChI=1S/C27H26N5O.CH4O4S/c1-32-17-15-21(16-18-32)19-23-5-3-4-6-27(23)31-28-20-22-7-9-24(10-8-22)29-30-25-11-13-26(33-2)14-12-25;1-5-6(2,3)4/h3-5,7-18,20H,6,19H2,1-2H3;1H3,(H,2,3,4)/q+1;/p-1/b28-20+,30-29?,31-27-;. The van der Waals surface area contributed by atoms with E-state index in [9.17, 15) is 13.0 Å². The van der Waals surface area contributed by atoms with E-state index in [2.05, 4.69) is 67.4 Å². The molecule has 0 N–H and O–H groups in total. The van der Waals surface area contributed by atoms with Crippen LogP contribution in [0.5, 0.6) is 5.75 Å². The molecular weight excluding hydrogens is 518 g/mol. The van der Waals surface area contributed by atoms with E-state index in [-0.39, 0.29) is 0 Å². The third-order valence-electron chi connectivity index (χ3n) is 5.39. The monoisotopic (exact) mass is 547 g/mol. The van der Waals surface area contributed by atoms with Crippen LogP contribution >= 0.6 is 0 Å². The van der Waals surface area contributed by atoms with Crippen LogP contribution in [0.1, 0.15) is 17.5 Å². The van der Waals surface area contributed by atoms with Crippen LogP contribution < -0.4 is 9.30 Å². The Hall–Kier alpha value is -4.32. The number of hydrogen-bond donors (Lipinski definition) is 0. The molecule has 2 aromatic carbocycles. The first-order valence-corrected chi connectivity index (χ1v) is 13.2. The van der Waals surface area contributed by atoms with E-state index in [0.29, 0.717) is 0 Å². The Kier molecular flexibility index (Phi) is 10.9. The van der Waals surface area contributed by atoms with Gasteiger partial charge in [0.15, 0.2) is 12.4 Å². The van der Waals surface area contributed by atoms with E-state index in [1.54, 1.807) is 13.3 Å². The summed E-state index contributed by atoms with van der Waals surface area (Å²) >= 11 is 0. The molecule has 0 atom stereocenters. The first kappa shape index (κ1) is 29.2. The summed E-state index contributed by atoms with van der Waals surface area (Å²) < 4.78 is 38.2. The van der Waals surface area contributed by atoms with Gasteiger partial charge in [0, 0.05) is 18.6 Å². The number of pyridine rings is 1. The highest BCUT2D eigenvalue weighted by Gasteiger charge is 2.10. The smallest absolute Gasteiger partial charge is 0.217 e. The molecule has 0 bridgehead atoms. The molecule has 1 aliphatic rings. The summed E-state index contributed by atoms with van der Waals surface area (Å²) in [6.45, 7) is 0. The molecule has 1 heterocycles. The van der Waals surface area contributed by atoms with Gasteiger partial charge in [-0.1, -0.05) is 30.4 Å². The number of methoxy groups -OCH3 is 1. The number of aryl methyl sites for hydroxylation is 1. The SMILES string of the molecule is COS(=O)(=O)[O-].COc1ccc(N=Nc2ccc(/C=N/N=C3/CC=CC=C3Cc3cc[n+](C)cc3)cc2)cc1. The third kappa shape index (κ3) is 10.5. The second kappa shape index (κ2) is 14.6. The van der Waals surface area contributed by atoms with Crippen LogP contribution in [-0.2, 0) is 28.1 Å². The van der Waals surface area contributed by atoms with Crippen molar-refractivity contribution in [2.24, 2.45) is 27.5 Å². The van der Waals surface area contributed by atoms with Crippen molar-refractivity contribution in [3.05, 3.63) is 108 Å². The molecule has 1 aromatic heterocycles. The van der Waals surface area contributed by atoms with E-state index < -0.39 is 10.4 Å². The molecule has 4 rings (SSSR count). The Morgan fingerprint density at radius 2 is 1.54 bits per heavy atom. The maximum Gasteiger partial charge on any atom is 0.217 e. The van der Waals surface area contributed by atoms with Gasteiger partial charge in [-0.3, -0.25) is 4.18 Å². The Balaban J connectivity index is 0.000000631. The summed E-state index contributed by atoms with van der Waals surface area (Å²) in [6.07, 6.45) is 13.8. The van der Waals surface area contributed by atoms with E-state index in [1.165, 1.54) is 11.1 Å². The zero-order valence-corrected chi connectivity index (χ0v) is 22.7. The molecule has 0 aliphatic heterocycles. The summed E-state index contributed by atoms with van der Waals surface area (Å²) in [5, 5.41) is 17.4. The maximum atomic E-state index is 9.22. The molecule has 0 unspecified atom stereocenters. The van der Waals surface area contributed by atoms with Gasteiger partial charge in [0.1, 0.15) is 12.8 Å². The normalized spacial score (nSPS) is 14.4. The lowest BCUT2D eigenvalue weighted by Crippen LogP contribution is -2.26. The van der Waals surface area contributed by atoms with Gasteiger partial charge in [-0.05, 0) is 59.5 Å². The Labute approximate surface area is 228 Å². The van der Waals surface area contributed by atoms with Crippen molar-refractivity contribution in [2.45, 2.75) is 12.8 Å². The fourth-order valence-electron chi connectivity index (χ4n) is 3.28. The summed E-state index contributed by atoms with van der Waals surface area (Å²) in [7, 11) is 0.0528. The molecule has 0 saturated heterocycles. The lowest BCUT2D eigenvalue weighted by atomic mass is 9.96. The molecule has 1 aliphatic carbocycles. The van der Waals surface area contributed by atoms with E-state index >= 15 is 0 Å². The lowest BCUT2D eigenvalue weighted by Gasteiger charge is -2.11. The summed E-state index contributed by atoms with van der Waals surface area (Å²) in [5.74, 6) is 0.794. The zero-order chi connectivity index (χ0) is 28.1. The highest BCUT2D eigenvalue weighted by molar-refractivity contribution is 7.80. The maximum absolute atomic E-state index is 9.22. The molecule has 202 valence electrons. The second-order valence-electron chi connectivity index (χ2n) is 8.23. The third-order valence-corrected chi connectivity index (χ3v) is 5.80. The highest BCUT2D eigenvalue weighted by atomic mass is 32.3. The number of ether oxygens (including phenoxy) is 1. The molecule has 0 fully saturated rings. The number of rotatable bonds is 8. The molecule has 39 heavy (non-hydrogen) atoms. The molecule has 0 spiro atoms. The largest absolute Gasteiger partial charge is 0.726 e. The molecule has 3 aromatic rings. The van der Waals surface area contributed by atoms with Gasteiger partial charge in [-0.25, -0.2) is 13.0 Å². The first-order chi connectivity index (χ1) is 18.8. The Morgan fingerprint density at radius 1 is 0.949 bits per heavy atom. The van der Waals surface area contributed by atoms with Gasteiger partial charge < -0.3 is 9.29 Å². The predicted molar refractivity (Wildman–Crippen MR) is 149 cm³/mol. The van der Waals surface area contributed by atoms with Gasteiger partial charge in [-0.15, -0.1) is 0 Å². The number of nitrogens with zero attached hydrogens (tertiary/aromatic N) is 5. The van der Waals surface area contributed by atoms with Gasteiger partial charge in [-0.2, -0.15) is 20.4 Å². The molecule has 10 nitrogen and oxygen atoms in total. The van der Waals surface area contributed by atoms with Crippen LogP contribution in [0.3, 0.4) is 0 Å². The molecule has 11 heteroatoms. The topological polar surface area (TPSA) is 129 Å². The summed E-state index contributed by atoms with van der Waals surface area (Å²) in [6, 6.07) is 19.4. The lowest BCUT2D eigenvalue weighted by molar-refractivity contribution is -0.671. The fourth-order valence-corrected chi connectivity index (χ4v) is 3.28. The number of aromatic nitrogens is 1. The van der Waals surface area contributed by atoms with Gasteiger partial charge in [0.25, 0.3) is 0 Å². The van der Waals surface area contributed by atoms with Crippen LogP contribution in [0, 0.1) is 0 Å². The van der Waals surface area contributed by atoms with E-state index in [4.69, 9.17) is 4.74 Å². The van der Waals surface area contributed by atoms with Crippen LogP contribution in [-0.4, -0.2) is 39.1 Å². The first-order valence-electron chi connectivity index (χ1n) is 11.8. The van der Waals surface area contributed by atoms with Crippen molar-refractivity contribution in [1.82, 2.24) is 0 Å². The molecule has 0 radical (unpaired) electrons. The second-order valence-corrected chi connectivity index (χ2v) is 9.38. The van der Waals surface area contributed by atoms with Crippen LogP contribution in [0.15, 0.2) is 117 Å². The minimum Gasteiger partial charge on any atom is -0.726 e. The van der Waals surface area contributed by atoms with Gasteiger partial charge in [0.05, 0.1) is 37.5 Å². The minimum absolute atomic E-state index is 0.770.